The second kappa shape index (κ2) is 42.8. The Morgan fingerprint density at radius 1 is 0.600 bits per heavy atom. The molecule has 0 aliphatic heterocycles. The molecule has 0 fully saturated rings. The highest BCUT2D eigenvalue weighted by molar-refractivity contribution is 7.96. The summed E-state index contributed by atoms with van der Waals surface area (Å²) in [5.41, 5.74) is 8.67. The van der Waals surface area contributed by atoms with E-state index < -0.39 is 10.5 Å². The Morgan fingerprint density at radius 2 is 0.650 bits per heavy atom. The molecule has 0 bridgehead atoms. The maximum Gasteiger partial charge on any atom is 0.273 e. The van der Waals surface area contributed by atoms with E-state index >= 15 is 0 Å². The Balaban J connectivity index is -0.0000000469. The molecule has 2 amide bonds. The van der Waals surface area contributed by atoms with Gasteiger partial charge in [-0.3, -0.25) is 9.59 Å². The van der Waals surface area contributed by atoms with E-state index in [-0.39, 0.29) is 0 Å². The molecule has 4 N–H and O–H groups in total. The highest BCUT2D eigenvalue weighted by Crippen LogP contribution is 1.77. The molecule has 0 atom stereocenters. The van der Waals surface area contributed by atoms with Gasteiger partial charge >= 0.3 is 0 Å². The highest BCUT2D eigenvalue weighted by atomic mass is 32.1. The fourth-order valence-electron chi connectivity index (χ4n) is 0. The van der Waals surface area contributed by atoms with E-state index in [2.05, 4.69) is 78.3 Å². The van der Waals surface area contributed by atoms with Gasteiger partial charge in [0, 0.05) is 0 Å². The van der Waals surface area contributed by atoms with Crippen LogP contribution in [0.1, 0.15) is 80.1 Å². The molecule has 0 aliphatic rings. The summed E-state index contributed by atoms with van der Waals surface area (Å²) in [5.74, 6) is 0. The number of carbonyl (C=O) groups excluding carboxylic acids is 2. The molecule has 0 saturated carbocycles. The number of unbranched alkanes of at least 4 members (excludes halogenated alkanes) is 3. The predicted octanol–water partition coefficient (Wildman–Crippen LogP) is 5.41. The molecule has 6 heteroatoms. The molecule has 0 heterocycles. The van der Waals surface area contributed by atoms with Crippen LogP contribution in [0.2, 0.25) is 0 Å². The lowest BCUT2D eigenvalue weighted by atomic mass is 10.4. The summed E-state index contributed by atoms with van der Waals surface area (Å²) in [6.07, 6.45) is 7.92. The first-order chi connectivity index (χ1) is 9.21. The average Bonchev–Trinajstić information content (AvgIpc) is 2.37. The largest absolute Gasteiger partial charge is 0.361 e. The Morgan fingerprint density at radius 3 is 0.650 bits per heavy atom. The molecule has 0 saturated heterocycles. The number of hydrogen-bond acceptors (Lipinski definition) is 2. The van der Waals surface area contributed by atoms with E-state index in [0.29, 0.717) is 0 Å². The van der Waals surface area contributed by atoms with Crippen LogP contribution in [-0.2, 0) is 0 Å². The minimum atomic E-state index is -0.639. The van der Waals surface area contributed by atoms with Gasteiger partial charge in [0.15, 0.2) is 0 Å². The number of thiol groups is 2. The normalized spacial score (nSPS) is 7.00. The fourth-order valence-corrected chi connectivity index (χ4v) is 0. The molecule has 20 heavy (non-hydrogen) atoms. The van der Waals surface area contributed by atoms with E-state index in [4.69, 9.17) is 9.59 Å². The van der Waals surface area contributed by atoms with Crippen LogP contribution in [0.25, 0.3) is 0 Å². The van der Waals surface area contributed by atoms with Crippen molar-refractivity contribution >= 4 is 35.7 Å². The van der Waals surface area contributed by atoms with Gasteiger partial charge in [-0.1, -0.05) is 105 Å². The van der Waals surface area contributed by atoms with E-state index in [9.17, 15) is 0 Å². The van der Waals surface area contributed by atoms with Crippen LogP contribution in [0, 0.1) is 0 Å². The molecule has 0 aromatic heterocycles. The Bertz CT molecular complexity index is 134. The topological polar surface area (TPSA) is 86.2 Å². The summed E-state index contributed by atoms with van der Waals surface area (Å²) in [4.78, 5) is 18.2. The third-order valence-electron chi connectivity index (χ3n) is 1.50. The summed E-state index contributed by atoms with van der Waals surface area (Å²) in [6, 6.07) is 0. The Kier molecular flexibility index (Phi) is 68.1. The number of hydrogen-bond donors (Lipinski definition) is 4. The van der Waals surface area contributed by atoms with Crippen molar-refractivity contribution in [2.75, 3.05) is 0 Å². The third-order valence-corrected chi connectivity index (χ3v) is 1.50. The zero-order chi connectivity index (χ0) is 17.4. The van der Waals surface area contributed by atoms with E-state index in [0.717, 1.165) is 0 Å². The quantitative estimate of drug-likeness (QED) is 0.522. The van der Waals surface area contributed by atoms with Crippen molar-refractivity contribution < 1.29 is 9.59 Å². The highest BCUT2D eigenvalue weighted by Gasteiger charge is 1.63. The van der Waals surface area contributed by atoms with E-state index in [1.165, 1.54) is 38.5 Å². The lowest BCUT2D eigenvalue weighted by molar-refractivity contribution is 0.266. The van der Waals surface area contributed by atoms with Gasteiger partial charge in [0.05, 0.1) is 0 Å². The minimum Gasteiger partial charge on any atom is -0.361 e. The predicted molar refractivity (Wildman–Crippen MR) is 98.9 cm³/mol. The number of primary amides is 2. The SMILES string of the molecule is CCCC.CCCC.CCCC.NC(=O)S.NC(=O)S. The van der Waals surface area contributed by atoms with Crippen molar-refractivity contribution in [3.8, 4) is 0 Å². The summed E-state index contributed by atoms with van der Waals surface area (Å²) in [7, 11) is 0. The first kappa shape index (κ1) is 31.8. The molecule has 0 rings (SSSR count). The van der Waals surface area contributed by atoms with Crippen LogP contribution in [0.15, 0.2) is 0 Å². The van der Waals surface area contributed by atoms with Gasteiger partial charge < -0.3 is 11.5 Å². The molecule has 0 aliphatic carbocycles. The molecule has 0 unspecified atom stereocenters. The summed E-state index contributed by atoms with van der Waals surface area (Å²) < 4.78 is 0. The van der Waals surface area contributed by atoms with Crippen LogP contribution < -0.4 is 11.5 Å². The maximum atomic E-state index is 9.09. The van der Waals surface area contributed by atoms with Crippen molar-refractivity contribution in [2.45, 2.75) is 80.1 Å². The number of carbonyl (C=O) groups is 2. The van der Waals surface area contributed by atoms with Crippen molar-refractivity contribution in [3.63, 3.8) is 0 Å². The van der Waals surface area contributed by atoms with E-state index in [1.807, 2.05) is 0 Å². The van der Waals surface area contributed by atoms with Crippen LogP contribution >= 0.6 is 25.3 Å². The van der Waals surface area contributed by atoms with Crippen LogP contribution in [0.5, 0.6) is 0 Å². The lowest BCUT2D eigenvalue weighted by Crippen LogP contribution is -1.95. The number of nitrogens with two attached hydrogens (primary N) is 2. The first-order valence-electron chi connectivity index (χ1n) is 7.18. The molecule has 0 aromatic rings. The summed E-state index contributed by atoms with van der Waals surface area (Å²) >= 11 is 6.21. The number of rotatable bonds is 3. The number of amides is 2. The maximum absolute atomic E-state index is 9.09. The van der Waals surface area contributed by atoms with Gasteiger partial charge in [-0.25, -0.2) is 0 Å². The first-order valence-corrected chi connectivity index (χ1v) is 8.07. The summed E-state index contributed by atoms with van der Waals surface area (Å²) in [6.45, 7) is 13.1. The van der Waals surface area contributed by atoms with Crippen LogP contribution in [-0.4, -0.2) is 10.5 Å². The third kappa shape index (κ3) is 701. The Hall–Kier alpha value is -0.360. The van der Waals surface area contributed by atoms with Gasteiger partial charge in [0.25, 0.3) is 10.5 Å². The van der Waals surface area contributed by atoms with Gasteiger partial charge in [-0.05, 0) is 0 Å². The standard InChI is InChI=1S/3C4H10.2CH3NOS/c3*1-3-4-2;2*2-1(3)4/h3*3-4H2,1-2H3;2*(H3,2,3,4). The molecule has 126 valence electrons. The van der Waals surface area contributed by atoms with Gasteiger partial charge in [-0.15, -0.1) is 0 Å². The monoisotopic (exact) mass is 328 g/mol. The summed E-state index contributed by atoms with van der Waals surface area (Å²) in [5, 5.41) is -1.28. The van der Waals surface area contributed by atoms with Crippen molar-refractivity contribution in [2.24, 2.45) is 11.5 Å². The average molecular weight is 329 g/mol. The van der Waals surface area contributed by atoms with Crippen LogP contribution in [0.4, 0.5) is 9.59 Å². The van der Waals surface area contributed by atoms with Crippen molar-refractivity contribution in [1.29, 1.82) is 0 Å². The molecule has 0 radical (unpaired) electrons. The second-order valence-corrected chi connectivity index (χ2v) is 4.56. The van der Waals surface area contributed by atoms with Gasteiger partial charge in [0.2, 0.25) is 0 Å². The lowest BCUT2D eigenvalue weighted by Gasteiger charge is -1.68. The van der Waals surface area contributed by atoms with Crippen LogP contribution in [0.3, 0.4) is 0 Å². The molecule has 0 aromatic carbocycles. The molecule has 0 spiro atoms. The second-order valence-electron chi connectivity index (χ2n) is 3.68. The van der Waals surface area contributed by atoms with Gasteiger partial charge in [0.1, 0.15) is 0 Å². The smallest absolute Gasteiger partial charge is 0.273 e. The molecular formula is C14H36N2O2S2. The minimum absolute atomic E-state index is 0.639. The van der Waals surface area contributed by atoms with E-state index in [1.54, 1.807) is 0 Å². The molecule has 4 nitrogen and oxygen atoms in total. The zero-order valence-electron chi connectivity index (χ0n) is 14.1. The van der Waals surface area contributed by atoms with Crippen molar-refractivity contribution in [3.05, 3.63) is 0 Å². The van der Waals surface area contributed by atoms with Gasteiger partial charge in [-0.2, -0.15) is 0 Å². The van der Waals surface area contributed by atoms with Crippen molar-refractivity contribution in [1.82, 2.24) is 0 Å². The fraction of sp³-hybridized carbons (Fsp3) is 0.857. The Labute approximate surface area is 137 Å². The zero-order valence-corrected chi connectivity index (χ0v) is 15.9. The molecular weight excluding hydrogens is 292 g/mol.